The highest BCUT2D eigenvalue weighted by Gasteiger charge is 2.60. The van der Waals surface area contributed by atoms with Crippen LogP contribution in [0.4, 0.5) is 0 Å². The molecule has 1 nitrogen and oxygen atoms in total. The van der Waals surface area contributed by atoms with Gasteiger partial charge in [-0.1, -0.05) is 61.4 Å². The first-order valence-electron chi connectivity index (χ1n) is 10.7. The second-order valence-electron chi connectivity index (χ2n) is 9.43. The van der Waals surface area contributed by atoms with Crippen molar-refractivity contribution in [2.75, 3.05) is 13.1 Å². The smallest absolute Gasteiger partial charge is 0.0176 e. The van der Waals surface area contributed by atoms with Crippen LogP contribution >= 0.6 is 12.4 Å². The Bertz CT molecular complexity index is 855. The monoisotopic (exact) mass is 379 g/mol. The Morgan fingerprint density at radius 2 is 1.59 bits per heavy atom. The van der Waals surface area contributed by atoms with Crippen molar-refractivity contribution in [1.82, 2.24) is 4.90 Å². The number of fused-ring (bicyclic) bond motifs is 3. The zero-order valence-electron chi connectivity index (χ0n) is 16.2. The van der Waals surface area contributed by atoms with E-state index in [-0.39, 0.29) is 12.4 Å². The van der Waals surface area contributed by atoms with Crippen molar-refractivity contribution in [2.45, 2.75) is 62.3 Å². The van der Waals surface area contributed by atoms with Crippen molar-refractivity contribution in [3.63, 3.8) is 0 Å². The topological polar surface area (TPSA) is 3.24 Å². The van der Waals surface area contributed by atoms with Gasteiger partial charge in [0.2, 0.25) is 0 Å². The maximum absolute atomic E-state index is 2.88. The van der Waals surface area contributed by atoms with Gasteiger partial charge in [0.1, 0.15) is 0 Å². The SMILES string of the molecule is CC1C2c3ccccc3C3CC2(CN1CC1CCCC1)c1ccccc13.Cl. The van der Waals surface area contributed by atoms with Crippen LogP contribution in [0.5, 0.6) is 0 Å². The first-order chi connectivity index (χ1) is 12.8. The maximum Gasteiger partial charge on any atom is 0.0176 e. The molecule has 4 unspecified atom stereocenters. The van der Waals surface area contributed by atoms with E-state index in [1.54, 1.807) is 22.3 Å². The summed E-state index contributed by atoms with van der Waals surface area (Å²) in [5, 5.41) is 0. The summed E-state index contributed by atoms with van der Waals surface area (Å²) in [4.78, 5) is 2.88. The van der Waals surface area contributed by atoms with Gasteiger partial charge in [-0.3, -0.25) is 4.90 Å². The van der Waals surface area contributed by atoms with Gasteiger partial charge in [-0.2, -0.15) is 0 Å². The summed E-state index contributed by atoms with van der Waals surface area (Å²) in [6.07, 6.45) is 7.15. The second kappa shape index (κ2) is 6.36. The summed E-state index contributed by atoms with van der Waals surface area (Å²) < 4.78 is 0. The molecule has 3 aliphatic carbocycles. The number of rotatable bonds is 2. The van der Waals surface area contributed by atoms with Crippen molar-refractivity contribution in [3.05, 3.63) is 70.8 Å². The van der Waals surface area contributed by atoms with Crippen molar-refractivity contribution >= 4 is 12.4 Å². The Kier molecular flexibility index (Phi) is 4.18. The number of nitrogens with zero attached hydrogens (tertiary/aromatic N) is 1. The molecule has 2 aromatic rings. The second-order valence-corrected chi connectivity index (χ2v) is 9.43. The van der Waals surface area contributed by atoms with Crippen molar-refractivity contribution in [3.8, 4) is 0 Å². The number of benzene rings is 2. The van der Waals surface area contributed by atoms with Gasteiger partial charge in [0.05, 0.1) is 0 Å². The van der Waals surface area contributed by atoms with Crippen molar-refractivity contribution < 1.29 is 0 Å². The van der Waals surface area contributed by atoms with Crippen LogP contribution in [0.25, 0.3) is 0 Å². The minimum atomic E-state index is 0. The summed E-state index contributed by atoms with van der Waals surface area (Å²) in [5.74, 6) is 2.23. The molecule has 27 heavy (non-hydrogen) atoms. The lowest BCUT2D eigenvalue weighted by atomic mass is 9.63. The van der Waals surface area contributed by atoms with Crippen LogP contribution < -0.4 is 0 Å². The summed E-state index contributed by atoms with van der Waals surface area (Å²) in [5.41, 5.74) is 6.92. The molecule has 6 rings (SSSR count). The molecule has 4 atom stereocenters. The van der Waals surface area contributed by atoms with E-state index < -0.39 is 0 Å². The van der Waals surface area contributed by atoms with Gasteiger partial charge in [-0.05, 0) is 54.4 Å². The fourth-order valence-electron chi connectivity index (χ4n) is 7.26. The van der Waals surface area contributed by atoms with Gasteiger partial charge < -0.3 is 0 Å². The van der Waals surface area contributed by atoms with E-state index in [1.165, 1.54) is 45.2 Å². The minimum Gasteiger partial charge on any atom is -0.299 e. The van der Waals surface area contributed by atoms with E-state index in [1.807, 2.05) is 0 Å². The van der Waals surface area contributed by atoms with Crippen LogP contribution in [0.2, 0.25) is 0 Å². The Hall–Kier alpha value is -1.31. The molecule has 0 N–H and O–H groups in total. The van der Waals surface area contributed by atoms with Gasteiger partial charge in [-0.25, -0.2) is 0 Å². The summed E-state index contributed by atoms with van der Waals surface area (Å²) in [7, 11) is 0. The first-order valence-corrected chi connectivity index (χ1v) is 10.7. The van der Waals surface area contributed by atoms with Gasteiger partial charge in [0.15, 0.2) is 0 Å². The summed E-state index contributed by atoms with van der Waals surface area (Å²) in [6, 6.07) is 19.4. The van der Waals surface area contributed by atoms with Crippen molar-refractivity contribution in [1.29, 1.82) is 0 Å². The molecular weight excluding hydrogens is 350 g/mol. The highest BCUT2D eigenvalue weighted by atomic mass is 35.5. The van der Waals surface area contributed by atoms with Crippen LogP contribution in [0.3, 0.4) is 0 Å². The molecule has 1 saturated carbocycles. The van der Waals surface area contributed by atoms with E-state index in [0.717, 1.165) is 5.92 Å². The number of hydrogen-bond donors (Lipinski definition) is 0. The Morgan fingerprint density at radius 3 is 2.37 bits per heavy atom. The highest BCUT2D eigenvalue weighted by molar-refractivity contribution is 5.85. The third-order valence-electron chi connectivity index (χ3n) is 8.25. The highest BCUT2D eigenvalue weighted by Crippen LogP contribution is 2.64. The van der Waals surface area contributed by atoms with Gasteiger partial charge in [0.25, 0.3) is 0 Å². The third kappa shape index (κ3) is 2.34. The minimum absolute atomic E-state index is 0. The molecule has 142 valence electrons. The Labute approximate surface area is 169 Å². The zero-order valence-corrected chi connectivity index (χ0v) is 17.0. The van der Waals surface area contributed by atoms with Gasteiger partial charge in [0, 0.05) is 36.4 Å². The number of halogens is 1. The molecule has 2 bridgehead atoms. The molecule has 0 aromatic heterocycles. The number of hydrogen-bond acceptors (Lipinski definition) is 1. The molecule has 1 heterocycles. The van der Waals surface area contributed by atoms with E-state index >= 15 is 0 Å². The maximum atomic E-state index is 2.88. The van der Waals surface area contributed by atoms with Crippen LogP contribution in [-0.4, -0.2) is 24.0 Å². The average Bonchev–Trinajstić information content (AvgIpc) is 3.35. The van der Waals surface area contributed by atoms with E-state index in [9.17, 15) is 0 Å². The van der Waals surface area contributed by atoms with Crippen LogP contribution in [-0.2, 0) is 5.41 Å². The molecule has 2 aromatic carbocycles. The number of likely N-dealkylation sites (tertiary alicyclic amines) is 1. The molecule has 2 heteroatoms. The predicted molar refractivity (Wildman–Crippen MR) is 114 cm³/mol. The van der Waals surface area contributed by atoms with E-state index in [4.69, 9.17) is 0 Å². The average molecular weight is 380 g/mol. The molecule has 4 aliphatic rings. The predicted octanol–water partition coefficient (Wildman–Crippen LogP) is 5.87. The third-order valence-corrected chi connectivity index (χ3v) is 8.25. The lowest BCUT2D eigenvalue weighted by Crippen LogP contribution is -2.35. The summed E-state index contributed by atoms with van der Waals surface area (Å²) >= 11 is 0. The zero-order chi connectivity index (χ0) is 17.3. The van der Waals surface area contributed by atoms with Crippen molar-refractivity contribution in [2.24, 2.45) is 5.92 Å². The quantitative estimate of drug-likeness (QED) is 0.630. The Balaban J connectivity index is 0.00000160. The largest absolute Gasteiger partial charge is 0.299 e. The molecule has 1 aliphatic heterocycles. The molecule has 1 spiro atoms. The Morgan fingerprint density at radius 1 is 0.926 bits per heavy atom. The van der Waals surface area contributed by atoms with E-state index in [2.05, 4.69) is 60.4 Å². The van der Waals surface area contributed by atoms with Gasteiger partial charge >= 0.3 is 0 Å². The molecule has 0 radical (unpaired) electrons. The summed E-state index contributed by atoms with van der Waals surface area (Å²) in [6.45, 7) is 5.12. The van der Waals surface area contributed by atoms with Crippen LogP contribution in [0, 0.1) is 5.92 Å². The lowest BCUT2D eigenvalue weighted by molar-refractivity contribution is 0.216. The van der Waals surface area contributed by atoms with E-state index in [0.29, 0.717) is 23.3 Å². The van der Waals surface area contributed by atoms with Crippen LogP contribution in [0.1, 0.15) is 73.1 Å². The fourth-order valence-corrected chi connectivity index (χ4v) is 7.26. The lowest BCUT2D eigenvalue weighted by Gasteiger charge is -2.39. The molecular formula is C25H30ClN. The normalized spacial score (nSPS) is 34.0. The molecule has 1 saturated heterocycles. The molecule has 2 fully saturated rings. The van der Waals surface area contributed by atoms with Crippen LogP contribution in [0.15, 0.2) is 48.5 Å². The molecule has 0 amide bonds. The standard InChI is InChI=1S/C25H29N.ClH/c1-17-24-21-12-5-4-10-19(21)22-14-25(24,23-13-7-6-11-20(22)23)16-26(17)15-18-8-2-3-9-18;/h4-7,10-13,17-18,22,24H,2-3,8-9,14-16H2,1H3;1H. The first kappa shape index (κ1) is 17.8. The fraction of sp³-hybridized carbons (Fsp3) is 0.520. The van der Waals surface area contributed by atoms with Gasteiger partial charge in [-0.15, -0.1) is 12.4 Å².